The van der Waals surface area contributed by atoms with E-state index in [9.17, 15) is 76.3 Å². The van der Waals surface area contributed by atoms with Crippen LogP contribution in [0.2, 0.25) is 0 Å². The minimum atomic E-state index is -1.86. The molecule has 4 aliphatic rings. The maximum Gasteiger partial charge on any atom is 0.189 e. The average molecular weight is 1050 g/mol. The second kappa shape index (κ2) is 31.9. The SMILES string of the molecule is O=C(CO)[C@@H](O)[C@H](O)[C@H](O)CO.OCC1OC(O)C(O)[C@@H](O)[C@@H]1O[C@H]1OC(CO)[C@H](O)[C@H](O)C1O.OCC1O[C@H](O[C@@H]2C(CO)OC(O)C(O)[C@H]2O)C(O)[C@@H](O)[C@@H]1O.OC[C@@H](O)[C@@H](O)[C@H](O)[C@H](O)CO. The van der Waals surface area contributed by atoms with Crippen molar-refractivity contribution >= 4 is 5.78 Å². The van der Waals surface area contributed by atoms with E-state index in [1.54, 1.807) is 0 Å². The Morgan fingerprint density at radius 3 is 0.943 bits per heavy atom. The fourth-order valence-corrected chi connectivity index (χ4v) is 6.41. The molecule has 418 valence electrons. The molecule has 34 nitrogen and oxygen atoms in total. The van der Waals surface area contributed by atoms with Gasteiger partial charge in [-0.2, -0.15) is 0 Å². The monoisotopic (exact) mass is 1050 g/mol. The Kier molecular flexibility index (Phi) is 30.3. The van der Waals surface area contributed by atoms with Crippen molar-refractivity contribution in [3.05, 3.63) is 0 Å². The van der Waals surface area contributed by atoms with Crippen molar-refractivity contribution < 1.29 is 171 Å². The molecule has 0 aliphatic carbocycles. The molecule has 0 spiro atoms. The van der Waals surface area contributed by atoms with Crippen LogP contribution in [0.15, 0.2) is 0 Å². The van der Waals surface area contributed by atoms with Crippen molar-refractivity contribution in [2.75, 3.05) is 52.9 Å². The molecule has 0 bridgehead atoms. The third kappa shape index (κ3) is 17.7. The topological polar surface area (TPSA) is 619 Å². The third-order valence-corrected chi connectivity index (χ3v) is 10.9. The zero-order valence-electron chi connectivity index (χ0n) is 36.7. The second-order valence-corrected chi connectivity index (χ2v) is 15.8. The molecular formula is C36H70O34. The summed E-state index contributed by atoms with van der Waals surface area (Å²) in [4.78, 5) is 10.5. The molecule has 0 aromatic heterocycles. The van der Waals surface area contributed by atoms with E-state index in [4.69, 9.17) is 94.8 Å². The van der Waals surface area contributed by atoms with Gasteiger partial charge in [-0.25, -0.2) is 0 Å². The summed E-state index contributed by atoms with van der Waals surface area (Å²) >= 11 is 0. The predicted molar refractivity (Wildman–Crippen MR) is 213 cm³/mol. The molecule has 34 heteroatoms. The Morgan fingerprint density at radius 2 is 0.671 bits per heavy atom. The molecule has 0 saturated carbocycles. The fraction of sp³-hybridized carbons (Fsp3) is 0.972. The molecule has 4 aliphatic heterocycles. The summed E-state index contributed by atoms with van der Waals surface area (Å²) in [5.41, 5.74) is 0. The summed E-state index contributed by atoms with van der Waals surface area (Å²) in [6.45, 7) is -5.83. The second-order valence-electron chi connectivity index (χ2n) is 15.8. The lowest BCUT2D eigenvalue weighted by atomic mass is 9.97. The van der Waals surface area contributed by atoms with Crippen molar-refractivity contribution in [1.82, 2.24) is 0 Å². The zero-order chi connectivity index (χ0) is 54.1. The maximum absolute atomic E-state index is 10.5. The average Bonchev–Trinajstić information content (AvgIpc) is 3.37. The summed E-state index contributed by atoms with van der Waals surface area (Å²) in [6, 6.07) is 0. The maximum atomic E-state index is 10.5. The van der Waals surface area contributed by atoms with Crippen LogP contribution in [-0.4, -0.2) is 362 Å². The summed E-state index contributed by atoms with van der Waals surface area (Å²) < 4.78 is 30.5. The summed E-state index contributed by atoms with van der Waals surface area (Å²) in [5, 5.41) is 248. The Labute approximate surface area is 395 Å². The highest BCUT2D eigenvalue weighted by Crippen LogP contribution is 2.30. The van der Waals surface area contributed by atoms with Crippen LogP contribution in [0.3, 0.4) is 0 Å². The number of aliphatic hydroxyl groups excluding tert-OH is 27. The minimum Gasteiger partial charge on any atom is -0.394 e. The van der Waals surface area contributed by atoms with Crippen LogP contribution in [0.5, 0.6) is 0 Å². The normalized spacial score (nSPS) is 40.8. The number of hydrogen-bond acceptors (Lipinski definition) is 34. The van der Waals surface area contributed by atoms with Crippen LogP contribution in [0, 0.1) is 0 Å². The first-order valence-corrected chi connectivity index (χ1v) is 21.0. The molecule has 0 aromatic carbocycles. The first-order chi connectivity index (χ1) is 32.7. The van der Waals surface area contributed by atoms with Crippen LogP contribution in [0.4, 0.5) is 0 Å². The van der Waals surface area contributed by atoms with Crippen molar-refractivity contribution in [1.29, 1.82) is 0 Å². The summed E-state index contributed by atoms with van der Waals surface area (Å²) in [7, 11) is 0. The van der Waals surface area contributed by atoms with E-state index in [0.717, 1.165) is 0 Å². The van der Waals surface area contributed by atoms with Gasteiger partial charge in [0.15, 0.2) is 30.9 Å². The molecule has 4 heterocycles. The third-order valence-electron chi connectivity index (χ3n) is 10.9. The number of carbonyl (C=O) groups excluding carboxylic acids is 1. The highest BCUT2D eigenvalue weighted by molar-refractivity contribution is 5.84. The number of ketones is 1. The van der Waals surface area contributed by atoms with Gasteiger partial charge >= 0.3 is 0 Å². The van der Waals surface area contributed by atoms with Gasteiger partial charge in [0.25, 0.3) is 0 Å². The molecule has 4 fully saturated rings. The minimum absolute atomic E-state index is 0.667. The van der Waals surface area contributed by atoms with Crippen LogP contribution in [0.25, 0.3) is 0 Å². The Balaban J connectivity index is 0.000000490. The molecule has 4 rings (SSSR count). The number of hydrogen-bond donors (Lipinski definition) is 27. The van der Waals surface area contributed by atoms with E-state index in [1.165, 1.54) is 0 Å². The molecule has 0 amide bonds. The van der Waals surface area contributed by atoms with Crippen LogP contribution in [-0.2, 0) is 33.2 Å². The van der Waals surface area contributed by atoms with Gasteiger partial charge in [0.2, 0.25) is 0 Å². The van der Waals surface area contributed by atoms with E-state index in [0.29, 0.717) is 0 Å². The number of carbonyl (C=O) groups is 1. The molecule has 70 heavy (non-hydrogen) atoms. The van der Waals surface area contributed by atoms with Crippen molar-refractivity contribution in [3.8, 4) is 0 Å². The van der Waals surface area contributed by atoms with E-state index in [2.05, 4.69) is 0 Å². The van der Waals surface area contributed by atoms with Gasteiger partial charge in [-0.1, -0.05) is 0 Å². The Hall–Kier alpha value is -1.65. The lowest BCUT2D eigenvalue weighted by molar-refractivity contribution is -0.355. The number of rotatable bonds is 18. The van der Waals surface area contributed by atoms with Gasteiger partial charge in [-0.15, -0.1) is 0 Å². The first kappa shape index (κ1) is 66.4. The van der Waals surface area contributed by atoms with Gasteiger partial charge < -0.3 is 166 Å². The fourth-order valence-electron chi connectivity index (χ4n) is 6.41. The highest BCUT2D eigenvalue weighted by Gasteiger charge is 2.52. The molecule has 10 unspecified atom stereocenters. The predicted octanol–water partition coefficient (Wildman–Crippen LogP) is -17.8. The number of Topliss-reactive ketones (excluding diaryl/α,β-unsaturated/α-hetero) is 1. The smallest absolute Gasteiger partial charge is 0.189 e. The lowest BCUT2D eigenvalue weighted by Crippen LogP contribution is -2.64. The van der Waals surface area contributed by atoms with E-state index < -0.39 is 224 Å². The van der Waals surface area contributed by atoms with E-state index in [-0.39, 0.29) is 0 Å². The molecule has 27 N–H and O–H groups in total. The zero-order valence-corrected chi connectivity index (χ0v) is 36.7. The lowest BCUT2D eigenvalue weighted by Gasteiger charge is -2.45. The quantitative estimate of drug-likeness (QED) is 0.0606. The van der Waals surface area contributed by atoms with Gasteiger partial charge in [0, 0.05) is 0 Å². The van der Waals surface area contributed by atoms with Gasteiger partial charge in [0.05, 0.1) is 46.2 Å². The molecular weight excluding hydrogens is 976 g/mol. The largest absolute Gasteiger partial charge is 0.394 e. The van der Waals surface area contributed by atoms with Gasteiger partial charge in [-0.05, 0) is 0 Å². The number of ether oxygens (including phenoxy) is 6. The first-order valence-electron chi connectivity index (χ1n) is 21.0. The number of aliphatic hydroxyl groups is 27. The van der Waals surface area contributed by atoms with Crippen molar-refractivity contribution in [2.45, 2.75) is 166 Å². The Morgan fingerprint density at radius 1 is 0.371 bits per heavy atom. The molecule has 0 radical (unpaired) electrons. The van der Waals surface area contributed by atoms with E-state index >= 15 is 0 Å². The van der Waals surface area contributed by atoms with Crippen LogP contribution in [0.1, 0.15) is 0 Å². The Bertz CT molecular complexity index is 1320. The van der Waals surface area contributed by atoms with Crippen molar-refractivity contribution in [2.24, 2.45) is 0 Å². The van der Waals surface area contributed by atoms with Gasteiger partial charge in [0.1, 0.15) is 147 Å². The van der Waals surface area contributed by atoms with Crippen LogP contribution < -0.4 is 0 Å². The summed E-state index contributed by atoms with van der Waals surface area (Å²) in [6.07, 6.45) is -42.8. The summed E-state index contributed by atoms with van der Waals surface area (Å²) in [5.74, 6) is -1.00. The van der Waals surface area contributed by atoms with Gasteiger partial charge in [-0.3, -0.25) is 4.79 Å². The standard InChI is InChI=1S/2C12H22O11.C6H14O6.C6H12O6/c2*13-1-3-5(15)6(16)9(19)12(22-3)23-10-4(2-14)21-11(20)8(18)7(10)17;2*7-1-3(9)5(11)6(12)4(10)2-8/h2*3-20H,1-2H2;3-12H,1-2H2;3,5-9,11-12H,1-2H2/t3?,4?,5-,6+,7-,8?,9?,10-,11?,12-;3?,4?,5-,6-,7+,8?,9?,10+,11?,12+;3-,4-,5-,6-;3-,5-,6-/m1011/s1. The molecule has 27 atom stereocenters. The van der Waals surface area contributed by atoms with Crippen molar-refractivity contribution in [3.63, 3.8) is 0 Å². The highest BCUT2D eigenvalue weighted by atomic mass is 16.7. The molecule has 0 aromatic rings. The van der Waals surface area contributed by atoms with E-state index in [1.807, 2.05) is 0 Å². The van der Waals surface area contributed by atoms with Crippen LogP contribution >= 0.6 is 0 Å². The molecule has 4 saturated heterocycles.